The first-order valence-electron chi connectivity index (χ1n) is 11.3. The Kier molecular flexibility index (Phi) is 7.22. The number of halogens is 1. The molecule has 8 heteroatoms. The van der Waals surface area contributed by atoms with Crippen molar-refractivity contribution in [1.82, 2.24) is 26.6 Å². The number of ether oxygens (including phenoxy) is 2. The topological polar surface area (TPSA) is 78.6 Å². The minimum Gasteiger partial charge on any atom is -0.373 e. The molecule has 1 saturated carbocycles. The number of nitrogens with one attached hydrogen (secondary N) is 5. The van der Waals surface area contributed by atoms with Crippen LogP contribution in [0, 0.1) is 5.92 Å². The first kappa shape index (κ1) is 21.6. The summed E-state index contributed by atoms with van der Waals surface area (Å²) in [5, 5.41) is 17.3. The second-order valence-corrected chi connectivity index (χ2v) is 9.10. The van der Waals surface area contributed by atoms with Crippen LogP contribution < -0.4 is 26.6 Å². The van der Waals surface area contributed by atoms with Gasteiger partial charge in [0.1, 0.15) is 12.5 Å². The van der Waals surface area contributed by atoms with E-state index in [4.69, 9.17) is 9.47 Å². The van der Waals surface area contributed by atoms with Crippen LogP contribution >= 0.6 is 0 Å². The van der Waals surface area contributed by atoms with E-state index in [9.17, 15) is 0 Å². The Balaban J connectivity index is 1.50. The summed E-state index contributed by atoms with van der Waals surface area (Å²) >= 11 is 0. The molecule has 0 aromatic heterocycles. The average Bonchev–Trinajstić information content (AvgIpc) is 2.92. The lowest BCUT2D eigenvalue weighted by Gasteiger charge is -2.48. The minimum atomic E-state index is -1.01. The maximum atomic E-state index is 16.0. The predicted molar refractivity (Wildman–Crippen MR) is 111 cm³/mol. The van der Waals surface area contributed by atoms with E-state index < -0.39 is 6.17 Å². The van der Waals surface area contributed by atoms with E-state index in [1.165, 1.54) is 5.57 Å². The van der Waals surface area contributed by atoms with Gasteiger partial charge in [0, 0.05) is 30.6 Å². The Bertz CT molecular complexity index is 579. The van der Waals surface area contributed by atoms with Crippen LogP contribution in [-0.2, 0) is 9.47 Å². The van der Waals surface area contributed by atoms with Gasteiger partial charge in [0.2, 0.25) is 0 Å². The van der Waals surface area contributed by atoms with Crippen LogP contribution in [0.2, 0.25) is 0 Å². The van der Waals surface area contributed by atoms with Crippen molar-refractivity contribution in [3.63, 3.8) is 0 Å². The van der Waals surface area contributed by atoms with E-state index in [2.05, 4.69) is 46.5 Å². The highest BCUT2D eigenvalue weighted by Crippen LogP contribution is 2.40. The van der Waals surface area contributed by atoms with Crippen LogP contribution in [-0.4, -0.2) is 75.8 Å². The van der Waals surface area contributed by atoms with Crippen LogP contribution in [0.3, 0.4) is 0 Å². The highest BCUT2D eigenvalue weighted by Gasteiger charge is 2.49. The Morgan fingerprint density at radius 1 is 1.10 bits per heavy atom. The summed E-state index contributed by atoms with van der Waals surface area (Å²) in [6, 6.07) is 0.516. The minimum absolute atomic E-state index is 0.0612. The summed E-state index contributed by atoms with van der Waals surface area (Å²) in [6.07, 6.45) is 4.56. The lowest BCUT2D eigenvalue weighted by molar-refractivity contribution is -0.187. The molecule has 7 nitrogen and oxygen atoms in total. The van der Waals surface area contributed by atoms with Crippen molar-refractivity contribution in [2.24, 2.45) is 5.92 Å². The van der Waals surface area contributed by atoms with Gasteiger partial charge in [0.05, 0.1) is 31.6 Å². The van der Waals surface area contributed by atoms with Crippen molar-refractivity contribution >= 4 is 0 Å². The molecule has 0 aromatic carbocycles. The Morgan fingerprint density at radius 2 is 1.93 bits per heavy atom. The molecular formula is C21H38FN5O2. The first-order chi connectivity index (χ1) is 14.0. The summed E-state index contributed by atoms with van der Waals surface area (Å²) in [6.45, 7) is 6.29. The summed E-state index contributed by atoms with van der Waals surface area (Å²) in [4.78, 5) is 0. The molecule has 5 N–H and O–H groups in total. The number of rotatable bonds is 4. The van der Waals surface area contributed by atoms with Crippen LogP contribution in [0.25, 0.3) is 0 Å². The highest BCUT2D eigenvalue weighted by molar-refractivity contribution is 5.19. The van der Waals surface area contributed by atoms with Gasteiger partial charge >= 0.3 is 0 Å². The van der Waals surface area contributed by atoms with E-state index in [1.54, 1.807) is 0 Å². The third-order valence-electron chi connectivity index (χ3n) is 6.92. The molecule has 1 aliphatic carbocycles. The van der Waals surface area contributed by atoms with Crippen molar-refractivity contribution in [2.75, 3.05) is 26.8 Å². The van der Waals surface area contributed by atoms with Gasteiger partial charge in [-0.05, 0) is 46.6 Å². The maximum absolute atomic E-state index is 16.0. The molecule has 3 aliphatic heterocycles. The molecule has 9 atom stereocenters. The Morgan fingerprint density at radius 3 is 2.76 bits per heavy atom. The van der Waals surface area contributed by atoms with Crippen molar-refractivity contribution in [1.29, 1.82) is 0 Å². The zero-order valence-corrected chi connectivity index (χ0v) is 17.9. The second kappa shape index (κ2) is 9.68. The largest absolute Gasteiger partial charge is 0.373 e. The monoisotopic (exact) mass is 411 g/mol. The summed E-state index contributed by atoms with van der Waals surface area (Å²) in [7, 11) is 1.95. The van der Waals surface area contributed by atoms with Crippen molar-refractivity contribution in [3.8, 4) is 0 Å². The van der Waals surface area contributed by atoms with Gasteiger partial charge in [-0.15, -0.1) is 0 Å². The fraction of sp³-hybridized carbons (Fsp3) is 0.905. The second-order valence-electron chi connectivity index (χ2n) is 9.10. The van der Waals surface area contributed by atoms with Gasteiger partial charge in [-0.25, -0.2) is 4.39 Å². The molecule has 166 valence electrons. The third kappa shape index (κ3) is 5.01. The lowest BCUT2D eigenvalue weighted by Crippen LogP contribution is -2.70. The average molecular weight is 412 g/mol. The van der Waals surface area contributed by atoms with E-state index in [0.29, 0.717) is 31.7 Å². The number of fused-ring (bicyclic) bond motifs is 1. The molecule has 2 saturated heterocycles. The number of hydrogen-bond acceptors (Lipinski definition) is 7. The first-order valence-corrected chi connectivity index (χ1v) is 11.3. The van der Waals surface area contributed by atoms with Gasteiger partial charge in [0.25, 0.3) is 0 Å². The van der Waals surface area contributed by atoms with Gasteiger partial charge < -0.3 is 20.1 Å². The standard InChI is InChI=1S/C21H38FN5O2/c1-12-4-5-14(6-7-24-12)18-19(22)15(11-16-20(18)29-9-8-28-16)26-21-25-13(2)10-17(23-3)27-21/h6,12-13,15-21,23-27H,4-5,7-11H2,1-3H3/t12-,13?,15?,16?,17?,18?,19?,20?,21?/m0/s1. The molecule has 0 aromatic rings. The van der Waals surface area contributed by atoms with Gasteiger partial charge in [-0.1, -0.05) is 11.6 Å². The quantitative estimate of drug-likeness (QED) is 0.433. The highest BCUT2D eigenvalue weighted by atomic mass is 19.1. The maximum Gasteiger partial charge on any atom is 0.125 e. The van der Waals surface area contributed by atoms with Gasteiger partial charge in [0.15, 0.2) is 0 Å². The summed E-state index contributed by atoms with van der Waals surface area (Å²) in [5.41, 5.74) is 1.19. The van der Waals surface area contributed by atoms with Gasteiger partial charge in [-0.2, -0.15) is 0 Å². The normalized spacial score (nSPS) is 46.5. The summed E-state index contributed by atoms with van der Waals surface area (Å²) < 4.78 is 28.1. The van der Waals surface area contributed by atoms with Crippen molar-refractivity contribution in [2.45, 2.75) is 88.5 Å². The van der Waals surface area contributed by atoms with E-state index >= 15 is 4.39 Å². The van der Waals surface area contributed by atoms with Crippen LogP contribution in [0.5, 0.6) is 0 Å². The molecule has 0 radical (unpaired) electrons. The third-order valence-corrected chi connectivity index (χ3v) is 6.92. The molecule has 8 unspecified atom stereocenters. The smallest absolute Gasteiger partial charge is 0.125 e. The molecule has 0 amide bonds. The van der Waals surface area contributed by atoms with Crippen molar-refractivity contribution in [3.05, 3.63) is 11.6 Å². The van der Waals surface area contributed by atoms with E-state index in [1.807, 2.05) is 7.05 Å². The van der Waals surface area contributed by atoms with Crippen molar-refractivity contribution < 1.29 is 13.9 Å². The van der Waals surface area contributed by atoms with Crippen LogP contribution in [0.1, 0.15) is 39.5 Å². The van der Waals surface area contributed by atoms with Crippen LogP contribution in [0.15, 0.2) is 11.6 Å². The molecule has 4 aliphatic rings. The molecular weight excluding hydrogens is 373 g/mol. The number of hydrogen-bond donors (Lipinski definition) is 5. The molecule has 0 bridgehead atoms. The molecule has 0 spiro atoms. The predicted octanol–water partition coefficient (Wildman–Crippen LogP) is 0.585. The van der Waals surface area contributed by atoms with E-state index in [-0.39, 0.29) is 36.6 Å². The van der Waals surface area contributed by atoms with Crippen LogP contribution in [0.4, 0.5) is 4.39 Å². The molecule has 3 fully saturated rings. The molecule has 29 heavy (non-hydrogen) atoms. The Hall–Kier alpha value is -0.610. The summed E-state index contributed by atoms with van der Waals surface area (Å²) in [5.74, 6) is -0.250. The van der Waals surface area contributed by atoms with E-state index in [0.717, 1.165) is 25.8 Å². The zero-order valence-electron chi connectivity index (χ0n) is 17.9. The van der Waals surface area contributed by atoms with Gasteiger partial charge in [-0.3, -0.25) is 16.0 Å². The number of alkyl halides is 1. The Labute approximate surface area is 173 Å². The lowest BCUT2D eigenvalue weighted by atomic mass is 9.74. The molecule has 3 heterocycles. The SMILES string of the molecule is CNC1CC(C)NC(NC2CC3OCCOC3C(C3=CCN[C@@H](C)CC3)C2F)N1. The fourth-order valence-electron chi connectivity index (χ4n) is 5.33. The fourth-order valence-corrected chi connectivity index (χ4v) is 5.33. The zero-order chi connectivity index (χ0) is 20.4. The molecule has 4 rings (SSSR count).